The Morgan fingerprint density at radius 3 is 2.68 bits per heavy atom. The molecule has 1 atom stereocenters. The van der Waals surface area contributed by atoms with Crippen LogP contribution in [0.15, 0.2) is 23.0 Å². The summed E-state index contributed by atoms with van der Waals surface area (Å²) in [6.45, 7) is 1.27. The van der Waals surface area contributed by atoms with Crippen LogP contribution in [0.25, 0.3) is 11.0 Å². The molecule has 0 spiro atoms. The number of fused-ring (bicyclic) bond motifs is 1. The van der Waals surface area contributed by atoms with E-state index in [1.165, 1.54) is 12.8 Å². The second-order valence-electron chi connectivity index (χ2n) is 7.00. The first-order valence-corrected chi connectivity index (χ1v) is 8.94. The molecule has 1 aromatic carbocycles. The predicted octanol–water partition coefficient (Wildman–Crippen LogP) is 2.43. The van der Waals surface area contributed by atoms with Crippen molar-refractivity contribution in [3.05, 3.63) is 34.2 Å². The highest BCUT2D eigenvalue weighted by Gasteiger charge is 2.29. The highest BCUT2D eigenvalue weighted by molar-refractivity contribution is 5.97. The van der Waals surface area contributed by atoms with Crippen molar-refractivity contribution in [2.24, 2.45) is 5.73 Å². The molecule has 2 aliphatic rings. The van der Waals surface area contributed by atoms with Crippen LogP contribution in [0, 0.1) is 0 Å². The number of H-pyrrole nitrogens is 1. The number of nitrogens with two attached hydrogens (primary N) is 1. The number of nitrogens with zero attached hydrogens (tertiary/aromatic N) is 2. The number of imidazole rings is 1. The molecule has 1 saturated heterocycles. The second kappa shape index (κ2) is 7.22. The number of nitrogens with one attached hydrogen (secondary N) is 1. The summed E-state index contributed by atoms with van der Waals surface area (Å²) in [6.07, 6.45) is 6.44. The Labute approximate surface area is 152 Å². The number of halogens is 1. The normalized spacial score (nSPS) is 21.0. The maximum Gasteiger partial charge on any atom is 0.326 e. The maximum atomic E-state index is 12.8. The third-order valence-corrected chi connectivity index (χ3v) is 5.56. The minimum Gasteiger partial charge on any atom is -0.334 e. The summed E-state index contributed by atoms with van der Waals surface area (Å²) in [5, 5.41) is 0. The van der Waals surface area contributed by atoms with E-state index in [2.05, 4.69) is 4.98 Å². The van der Waals surface area contributed by atoms with Gasteiger partial charge in [0.2, 0.25) is 0 Å². The van der Waals surface area contributed by atoms with Gasteiger partial charge >= 0.3 is 5.69 Å². The smallest absolute Gasteiger partial charge is 0.326 e. The zero-order valence-electron chi connectivity index (χ0n) is 14.2. The molecule has 4 rings (SSSR count). The Kier molecular flexibility index (Phi) is 5.20. The fourth-order valence-electron chi connectivity index (χ4n) is 4.30. The summed E-state index contributed by atoms with van der Waals surface area (Å²) in [5.41, 5.74) is 7.99. The van der Waals surface area contributed by atoms with Crippen LogP contribution in [0.2, 0.25) is 0 Å². The molecule has 1 aliphatic carbocycles. The van der Waals surface area contributed by atoms with Crippen LogP contribution in [-0.2, 0) is 0 Å². The fourth-order valence-corrected chi connectivity index (χ4v) is 4.30. The Bertz CT molecular complexity index is 822. The number of hydrogen-bond donors (Lipinski definition) is 2. The molecular formula is C18H25ClN4O2. The van der Waals surface area contributed by atoms with E-state index >= 15 is 0 Å². The van der Waals surface area contributed by atoms with Gasteiger partial charge in [-0.2, -0.15) is 0 Å². The zero-order valence-corrected chi connectivity index (χ0v) is 15.1. The molecule has 0 bridgehead atoms. The lowest BCUT2D eigenvalue weighted by Crippen LogP contribution is -2.39. The molecule has 1 aliphatic heterocycles. The van der Waals surface area contributed by atoms with Crippen LogP contribution in [0.4, 0.5) is 0 Å². The fraction of sp³-hybridized carbons (Fsp3) is 0.556. The molecule has 1 aromatic heterocycles. The van der Waals surface area contributed by atoms with Gasteiger partial charge < -0.3 is 15.6 Å². The summed E-state index contributed by atoms with van der Waals surface area (Å²) in [7, 11) is 0. The van der Waals surface area contributed by atoms with Crippen molar-refractivity contribution in [1.82, 2.24) is 14.5 Å². The lowest BCUT2D eigenvalue weighted by Gasteiger charge is -2.23. The summed E-state index contributed by atoms with van der Waals surface area (Å²) in [4.78, 5) is 29.9. The van der Waals surface area contributed by atoms with Gasteiger partial charge in [-0.1, -0.05) is 12.8 Å². The second-order valence-corrected chi connectivity index (χ2v) is 7.00. The van der Waals surface area contributed by atoms with Crippen molar-refractivity contribution < 1.29 is 4.79 Å². The van der Waals surface area contributed by atoms with Gasteiger partial charge in [0.15, 0.2) is 0 Å². The van der Waals surface area contributed by atoms with E-state index in [1.807, 2.05) is 27.7 Å². The number of carbonyl (C=O) groups is 1. The van der Waals surface area contributed by atoms with Gasteiger partial charge in [0, 0.05) is 30.7 Å². The Balaban J connectivity index is 0.00000182. The first-order chi connectivity index (χ1) is 11.7. The molecule has 2 fully saturated rings. The van der Waals surface area contributed by atoms with E-state index in [1.54, 1.807) is 0 Å². The number of benzene rings is 1. The molecule has 1 amide bonds. The van der Waals surface area contributed by atoms with Crippen LogP contribution in [0.1, 0.15) is 54.9 Å². The SMILES string of the molecule is Cl.NCC1CCCN1C(=O)c1ccc2c(c1)[nH]c(=O)n2C1CCCC1. The molecule has 3 N–H and O–H groups in total. The molecule has 2 heterocycles. The minimum absolute atomic E-state index is 0. The van der Waals surface area contributed by atoms with Crippen molar-refractivity contribution in [2.75, 3.05) is 13.1 Å². The van der Waals surface area contributed by atoms with Gasteiger partial charge in [-0.15, -0.1) is 12.4 Å². The molecule has 25 heavy (non-hydrogen) atoms. The van der Waals surface area contributed by atoms with Crippen molar-refractivity contribution in [2.45, 2.75) is 50.6 Å². The van der Waals surface area contributed by atoms with Gasteiger partial charge in [0.05, 0.1) is 11.0 Å². The summed E-state index contributed by atoms with van der Waals surface area (Å²) in [5.74, 6) is 0.0133. The van der Waals surface area contributed by atoms with E-state index in [0.717, 1.165) is 43.3 Å². The lowest BCUT2D eigenvalue weighted by molar-refractivity contribution is 0.0741. The van der Waals surface area contributed by atoms with E-state index in [9.17, 15) is 9.59 Å². The largest absolute Gasteiger partial charge is 0.334 e. The summed E-state index contributed by atoms with van der Waals surface area (Å²) in [6, 6.07) is 5.99. The molecule has 6 nitrogen and oxygen atoms in total. The first kappa shape index (κ1) is 18.0. The van der Waals surface area contributed by atoms with Crippen LogP contribution in [0.5, 0.6) is 0 Å². The molecule has 0 radical (unpaired) electrons. The lowest BCUT2D eigenvalue weighted by atomic mass is 10.1. The highest BCUT2D eigenvalue weighted by Crippen LogP contribution is 2.31. The third kappa shape index (κ3) is 3.09. The van der Waals surface area contributed by atoms with E-state index in [0.29, 0.717) is 12.1 Å². The molecule has 1 unspecified atom stereocenters. The highest BCUT2D eigenvalue weighted by atomic mass is 35.5. The standard InChI is InChI=1S/C18H24N4O2.ClH/c19-11-14-6-3-9-21(14)17(23)12-7-8-16-15(10-12)20-18(24)22(16)13-4-1-2-5-13;/h7-8,10,13-14H,1-6,9,11,19H2,(H,20,24);1H. The van der Waals surface area contributed by atoms with E-state index < -0.39 is 0 Å². The van der Waals surface area contributed by atoms with E-state index in [4.69, 9.17) is 5.73 Å². The summed E-state index contributed by atoms with van der Waals surface area (Å²) >= 11 is 0. The van der Waals surface area contributed by atoms with Crippen molar-refractivity contribution in [3.8, 4) is 0 Å². The number of aromatic nitrogens is 2. The zero-order chi connectivity index (χ0) is 16.7. The predicted molar refractivity (Wildman–Crippen MR) is 100 cm³/mol. The van der Waals surface area contributed by atoms with Crippen molar-refractivity contribution >= 4 is 29.3 Å². The van der Waals surface area contributed by atoms with Crippen LogP contribution in [0.3, 0.4) is 0 Å². The average Bonchev–Trinajstić information content (AvgIpc) is 3.31. The first-order valence-electron chi connectivity index (χ1n) is 8.94. The van der Waals surface area contributed by atoms with Gasteiger partial charge in [-0.3, -0.25) is 9.36 Å². The number of rotatable bonds is 3. The van der Waals surface area contributed by atoms with Gasteiger partial charge in [-0.25, -0.2) is 4.79 Å². The quantitative estimate of drug-likeness (QED) is 0.877. The monoisotopic (exact) mass is 364 g/mol. The topological polar surface area (TPSA) is 84.1 Å². The van der Waals surface area contributed by atoms with Gasteiger partial charge in [0.25, 0.3) is 5.91 Å². The van der Waals surface area contributed by atoms with Crippen LogP contribution in [-0.4, -0.2) is 39.5 Å². The molecule has 1 saturated carbocycles. The van der Waals surface area contributed by atoms with E-state index in [-0.39, 0.29) is 36.1 Å². The molecular weight excluding hydrogens is 340 g/mol. The molecule has 136 valence electrons. The average molecular weight is 365 g/mol. The Morgan fingerprint density at radius 1 is 1.20 bits per heavy atom. The van der Waals surface area contributed by atoms with Crippen LogP contribution >= 0.6 is 12.4 Å². The molecule has 7 heteroatoms. The summed E-state index contributed by atoms with van der Waals surface area (Å²) < 4.78 is 1.87. The number of carbonyl (C=O) groups excluding carboxylic acids is 1. The van der Waals surface area contributed by atoms with Gasteiger partial charge in [-0.05, 0) is 43.9 Å². The number of likely N-dealkylation sites (tertiary alicyclic amines) is 1. The number of hydrogen-bond acceptors (Lipinski definition) is 3. The third-order valence-electron chi connectivity index (χ3n) is 5.56. The van der Waals surface area contributed by atoms with Gasteiger partial charge in [0.1, 0.15) is 0 Å². The Hall–Kier alpha value is -1.79. The van der Waals surface area contributed by atoms with Crippen molar-refractivity contribution in [3.63, 3.8) is 0 Å². The number of aromatic amines is 1. The Morgan fingerprint density at radius 2 is 1.96 bits per heavy atom. The maximum absolute atomic E-state index is 12.8. The van der Waals surface area contributed by atoms with Crippen LogP contribution < -0.4 is 11.4 Å². The number of amides is 1. The minimum atomic E-state index is -0.0671. The molecule has 2 aromatic rings. The van der Waals surface area contributed by atoms with Crippen molar-refractivity contribution in [1.29, 1.82) is 0 Å².